The molecule has 0 amide bonds. The second kappa shape index (κ2) is 322. The summed E-state index contributed by atoms with van der Waals surface area (Å²) >= 11 is 0. The molecule has 0 aromatic carbocycles. The maximum absolute atomic E-state index is 8.00. The van der Waals surface area contributed by atoms with E-state index in [0.29, 0.717) is 0 Å². The Balaban J connectivity index is -0.0000000167. The fourth-order valence-corrected chi connectivity index (χ4v) is 0.340. The van der Waals surface area contributed by atoms with Crippen LogP contribution in [-0.2, 0) is 46.1 Å². The quantitative estimate of drug-likeness (QED) is 0.591. The fourth-order valence-electron chi connectivity index (χ4n) is 0.340. The minimum Gasteiger partial charge on any atom is -0.307 e. The number of carbonyl (C=O) groups is 6. The average Bonchev–Trinajstić information content (AvgIpc) is 3.10. The van der Waals surface area contributed by atoms with Gasteiger partial charge in [0.1, 0.15) is 40.7 Å². The molecule has 0 aromatic heterocycles. The van der Waals surface area contributed by atoms with Crippen LogP contribution in [-0.4, -0.2) is 40.7 Å². The van der Waals surface area contributed by atoms with E-state index in [0.717, 1.165) is 6.42 Å². The Morgan fingerprint density at radius 1 is 0.667 bits per heavy atom. The van der Waals surface area contributed by atoms with Crippen molar-refractivity contribution in [2.24, 2.45) is 0 Å². The van der Waals surface area contributed by atoms with Gasteiger partial charge in [0.25, 0.3) is 0 Å². The smallest absolute Gasteiger partial charge is 0.106 e. The van der Waals surface area contributed by atoms with E-state index in [2.05, 4.69) is 12.2 Å². The van der Waals surface area contributed by atoms with Crippen molar-refractivity contribution in [3.63, 3.8) is 0 Å². The molecule has 104 valence electrons. The molecule has 0 fully saturated rings. The molecule has 0 atom stereocenters. The van der Waals surface area contributed by atoms with Crippen LogP contribution < -0.4 is 0 Å². The van der Waals surface area contributed by atoms with Crippen LogP contribution in [0.5, 0.6) is 0 Å². The molecule has 0 bridgehead atoms. The molecule has 0 saturated carbocycles. The third-order valence-electron chi connectivity index (χ3n) is 0.586. The summed E-state index contributed by atoms with van der Waals surface area (Å²) < 4.78 is 0. The Hall–Kier alpha value is -1.97. The molecule has 0 radical (unpaired) electrons. The van der Waals surface area contributed by atoms with Crippen molar-refractivity contribution in [3.05, 3.63) is 24.3 Å². The summed E-state index contributed by atoms with van der Waals surface area (Å²) in [5, 5.41) is 0. The Kier molecular flexibility index (Phi) is 794. The van der Waals surface area contributed by atoms with E-state index in [-0.39, 0.29) is 17.4 Å². The number of hydrogen-bond acceptors (Lipinski definition) is 6. The molecule has 0 N–H and O–H groups in total. The van der Waals surface area contributed by atoms with Gasteiger partial charge in [-0.25, -0.2) is 12.2 Å². The molecule has 0 heterocycles. The molecule has 0 aliphatic heterocycles. The van der Waals surface area contributed by atoms with Crippen molar-refractivity contribution in [3.8, 4) is 0 Å². The van der Waals surface area contributed by atoms with Crippen molar-refractivity contribution in [1.82, 2.24) is 0 Å². The molecule has 1 aliphatic carbocycles. The minimum atomic E-state index is 0. The topological polar surface area (TPSA) is 102 Å². The first-order chi connectivity index (χ1) is 8.50. The third kappa shape index (κ3) is 259. The van der Waals surface area contributed by atoms with Crippen molar-refractivity contribution in [1.29, 1.82) is 0 Å². The van der Waals surface area contributed by atoms with Gasteiger partial charge in [0.15, 0.2) is 0 Å². The Morgan fingerprint density at radius 3 is 1.00 bits per heavy atom. The van der Waals surface area contributed by atoms with Gasteiger partial charge in [-0.05, 0) is 0 Å². The molecule has 0 unspecified atom stereocenters. The van der Waals surface area contributed by atoms with Gasteiger partial charge in [-0.3, -0.25) is 6.08 Å². The summed E-state index contributed by atoms with van der Waals surface area (Å²) in [7, 11) is 0. The van der Waals surface area contributed by atoms with Gasteiger partial charge in [-0.15, -0.1) is 6.42 Å². The van der Waals surface area contributed by atoms with E-state index in [1.807, 2.05) is 52.9 Å². The molecule has 7 heteroatoms. The molecule has 1 rings (SSSR count). The number of allylic oxidation sites excluding steroid dienone is 4. The summed E-state index contributed by atoms with van der Waals surface area (Å²) in [6.45, 7) is 12.0. The van der Waals surface area contributed by atoms with Crippen molar-refractivity contribution >= 4 is 40.7 Å². The largest absolute Gasteiger partial charge is 0.307 e. The van der Waals surface area contributed by atoms with Gasteiger partial charge in [0.2, 0.25) is 0 Å². The van der Waals surface area contributed by atoms with Crippen LogP contribution in [0, 0.1) is 6.08 Å². The van der Waals surface area contributed by atoms with Crippen LogP contribution in [0.25, 0.3) is 0 Å². The monoisotopic (exact) mass is 297 g/mol. The van der Waals surface area contributed by atoms with Gasteiger partial charge in [-0.2, -0.15) is 6.08 Å². The van der Waals surface area contributed by atoms with Gasteiger partial charge in [0, 0.05) is 17.4 Å². The second-order valence-corrected chi connectivity index (χ2v) is 1.00. The Labute approximate surface area is 118 Å². The molecule has 6 nitrogen and oxygen atoms in total. The first-order valence-electron chi connectivity index (χ1n) is 3.45. The van der Waals surface area contributed by atoms with E-state index >= 15 is 0 Å². The second-order valence-electron chi connectivity index (χ2n) is 1.00. The van der Waals surface area contributed by atoms with Crippen LogP contribution in [0.2, 0.25) is 0 Å². The third-order valence-corrected chi connectivity index (χ3v) is 0.586. The standard InChI is InChI=1S/C5H5.6CH2O.Cr/c1-2-4-5-3-1;6*1-2;/h1-3H,4H2;6*1H2;/q-1;;;;;;;. The summed E-state index contributed by atoms with van der Waals surface area (Å²) in [4.78, 5) is 48.0. The zero-order chi connectivity index (χ0) is 15.5. The summed E-state index contributed by atoms with van der Waals surface area (Å²) in [6.07, 6.45) is 10.0. The normalized spacial score (nSPS) is 6.22. The van der Waals surface area contributed by atoms with Crippen LogP contribution in [0.15, 0.2) is 18.2 Å². The van der Waals surface area contributed by atoms with E-state index in [4.69, 9.17) is 28.8 Å². The first-order valence-corrected chi connectivity index (χ1v) is 3.45. The van der Waals surface area contributed by atoms with E-state index in [9.17, 15) is 0 Å². The minimum absolute atomic E-state index is 0. The van der Waals surface area contributed by atoms with Crippen LogP contribution in [0.3, 0.4) is 0 Å². The first kappa shape index (κ1) is 44.4. The Morgan fingerprint density at radius 2 is 0.944 bits per heavy atom. The zero-order valence-electron chi connectivity index (χ0n) is 10.0. The molecule has 1 aliphatic rings. The van der Waals surface area contributed by atoms with Crippen LogP contribution >= 0.6 is 0 Å². The average molecular weight is 297 g/mol. The predicted molar refractivity (Wildman–Crippen MR) is 64.3 cm³/mol. The van der Waals surface area contributed by atoms with Crippen molar-refractivity contribution in [2.75, 3.05) is 0 Å². The summed E-state index contributed by atoms with van der Waals surface area (Å²) in [5.41, 5.74) is 0. The number of hydrogen-bond donors (Lipinski definition) is 0. The molecule has 0 saturated heterocycles. The molecule has 0 aromatic rings. The van der Waals surface area contributed by atoms with E-state index in [1.165, 1.54) is 0 Å². The predicted octanol–water partition coefficient (Wildman–Crippen LogP) is 0.194. The fraction of sp³-hybridized carbons (Fsp3) is 0.0909. The number of carbonyl (C=O) groups excluding carboxylic acids is 6. The zero-order valence-corrected chi connectivity index (χ0v) is 11.3. The molecular formula is C11H17CrO6-. The molecule has 18 heavy (non-hydrogen) atoms. The van der Waals surface area contributed by atoms with Gasteiger partial charge < -0.3 is 28.8 Å². The van der Waals surface area contributed by atoms with Crippen molar-refractivity contribution in [2.45, 2.75) is 6.42 Å². The van der Waals surface area contributed by atoms with E-state index in [1.54, 1.807) is 0 Å². The van der Waals surface area contributed by atoms with Crippen LogP contribution in [0.1, 0.15) is 6.42 Å². The Bertz CT molecular complexity index is 127. The SMILES string of the molecule is C=O.C=O.C=O.C=O.C=O.C=O.[C-]1=CC=CC1.[Cr]. The molecular weight excluding hydrogens is 280 g/mol. The van der Waals surface area contributed by atoms with E-state index < -0.39 is 0 Å². The summed E-state index contributed by atoms with van der Waals surface area (Å²) in [6, 6.07) is 0. The maximum Gasteiger partial charge on any atom is 0.106 e. The number of rotatable bonds is 0. The van der Waals surface area contributed by atoms with Gasteiger partial charge in [-0.1, -0.05) is 0 Å². The van der Waals surface area contributed by atoms with Crippen molar-refractivity contribution < 1.29 is 46.1 Å². The maximum atomic E-state index is 8.00. The van der Waals surface area contributed by atoms with Gasteiger partial charge in [0.05, 0.1) is 0 Å². The molecule has 0 spiro atoms. The van der Waals surface area contributed by atoms with Gasteiger partial charge >= 0.3 is 0 Å². The van der Waals surface area contributed by atoms with Crippen LogP contribution in [0.4, 0.5) is 0 Å². The summed E-state index contributed by atoms with van der Waals surface area (Å²) in [5.74, 6) is 0.